The van der Waals surface area contributed by atoms with Crippen LogP contribution >= 0.6 is 12.4 Å². The number of nitrogens with zero attached hydrogens (tertiary/aromatic N) is 2. The fourth-order valence-electron chi connectivity index (χ4n) is 2.29. The zero-order valence-electron chi connectivity index (χ0n) is 12.9. The van der Waals surface area contributed by atoms with E-state index >= 15 is 0 Å². The van der Waals surface area contributed by atoms with Crippen molar-refractivity contribution in [3.63, 3.8) is 0 Å². The SMILES string of the molecule is CN(C1CCNCC1)S(=O)(=O)c1ccc(OCC(F)(F)F)nc1.Cl. The van der Waals surface area contributed by atoms with Gasteiger partial charge in [-0.25, -0.2) is 13.4 Å². The molecule has 1 N–H and O–H groups in total. The van der Waals surface area contributed by atoms with E-state index in [4.69, 9.17) is 0 Å². The number of alkyl halides is 3. The molecule has 24 heavy (non-hydrogen) atoms. The molecule has 6 nitrogen and oxygen atoms in total. The number of piperidine rings is 1. The first kappa shape index (κ1) is 20.9. The average Bonchev–Trinajstić information content (AvgIpc) is 2.53. The number of hydrogen-bond acceptors (Lipinski definition) is 5. The zero-order valence-corrected chi connectivity index (χ0v) is 14.5. The van der Waals surface area contributed by atoms with E-state index in [1.807, 2.05) is 0 Å². The van der Waals surface area contributed by atoms with E-state index in [0.29, 0.717) is 12.8 Å². The third kappa shape index (κ3) is 5.47. The van der Waals surface area contributed by atoms with Crippen LogP contribution in [0.1, 0.15) is 12.8 Å². The summed E-state index contributed by atoms with van der Waals surface area (Å²) in [5, 5.41) is 3.15. The molecule has 0 radical (unpaired) electrons. The number of sulfonamides is 1. The zero-order chi connectivity index (χ0) is 17.1. The standard InChI is InChI=1S/C13H18F3N3O3S.ClH/c1-19(10-4-6-17-7-5-10)23(20,21)11-2-3-12(18-8-11)22-9-13(14,15)16;/h2-3,8,10,17H,4-7,9H2,1H3;1H. The molecular formula is C13H19ClF3N3O3S. The number of pyridine rings is 1. The smallest absolute Gasteiger partial charge is 0.422 e. The molecule has 0 saturated carbocycles. The molecule has 0 spiro atoms. The number of ether oxygens (including phenoxy) is 1. The van der Waals surface area contributed by atoms with Gasteiger partial charge >= 0.3 is 6.18 Å². The Morgan fingerprint density at radius 1 is 1.33 bits per heavy atom. The van der Waals surface area contributed by atoms with Crippen molar-refractivity contribution in [3.05, 3.63) is 18.3 Å². The molecule has 138 valence electrons. The van der Waals surface area contributed by atoms with E-state index in [0.717, 1.165) is 25.4 Å². The van der Waals surface area contributed by atoms with Gasteiger partial charge in [-0.2, -0.15) is 17.5 Å². The Hall–Kier alpha value is -1.10. The van der Waals surface area contributed by atoms with Crippen LogP contribution in [0.5, 0.6) is 5.88 Å². The molecule has 1 aliphatic heterocycles. The lowest BCUT2D eigenvalue weighted by molar-refractivity contribution is -0.154. The van der Waals surface area contributed by atoms with E-state index < -0.39 is 22.8 Å². The summed E-state index contributed by atoms with van der Waals surface area (Å²) in [7, 11) is -2.23. The molecule has 0 unspecified atom stereocenters. The molecule has 1 aromatic rings. The molecule has 1 fully saturated rings. The maximum absolute atomic E-state index is 12.5. The summed E-state index contributed by atoms with van der Waals surface area (Å²) in [5.41, 5.74) is 0. The van der Waals surface area contributed by atoms with E-state index in [1.54, 1.807) is 0 Å². The Morgan fingerprint density at radius 2 is 1.96 bits per heavy atom. The van der Waals surface area contributed by atoms with Crippen molar-refractivity contribution in [3.8, 4) is 5.88 Å². The second-order valence-corrected chi connectivity index (χ2v) is 7.24. The van der Waals surface area contributed by atoms with Gasteiger partial charge < -0.3 is 10.1 Å². The summed E-state index contributed by atoms with van der Waals surface area (Å²) in [6, 6.07) is 2.21. The van der Waals surface area contributed by atoms with E-state index in [1.165, 1.54) is 17.4 Å². The van der Waals surface area contributed by atoms with Crippen LogP contribution in [0.25, 0.3) is 0 Å². The number of halogens is 4. The van der Waals surface area contributed by atoms with Crippen molar-refractivity contribution in [2.75, 3.05) is 26.7 Å². The lowest BCUT2D eigenvalue weighted by Crippen LogP contribution is -2.43. The molecule has 2 rings (SSSR count). The van der Waals surface area contributed by atoms with Gasteiger partial charge in [0.05, 0.1) is 6.20 Å². The van der Waals surface area contributed by atoms with Gasteiger partial charge in [0, 0.05) is 19.2 Å². The van der Waals surface area contributed by atoms with Crippen LogP contribution in [0.2, 0.25) is 0 Å². The van der Waals surface area contributed by atoms with Crippen molar-refractivity contribution in [1.82, 2.24) is 14.6 Å². The third-order valence-corrected chi connectivity index (χ3v) is 5.49. The largest absolute Gasteiger partial charge is 0.468 e. The average molecular weight is 390 g/mol. The lowest BCUT2D eigenvalue weighted by atomic mass is 10.1. The molecule has 0 aliphatic carbocycles. The Kier molecular flexibility index (Phi) is 7.26. The Bertz CT molecular complexity index is 620. The predicted molar refractivity (Wildman–Crippen MR) is 83.9 cm³/mol. The minimum Gasteiger partial charge on any atom is -0.468 e. The van der Waals surface area contributed by atoms with Crippen LogP contribution in [-0.2, 0) is 10.0 Å². The van der Waals surface area contributed by atoms with Crippen LogP contribution in [-0.4, -0.2) is 56.7 Å². The Labute approximate surface area is 144 Å². The highest BCUT2D eigenvalue weighted by Crippen LogP contribution is 2.22. The van der Waals surface area contributed by atoms with Crippen LogP contribution in [0.4, 0.5) is 13.2 Å². The van der Waals surface area contributed by atoms with Crippen LogP contribution in [0, 0.1) is 0 Å². The van der Waals surface area contributed by atoms with Gasteiger partial charge in [-0.1, -0.05) is 0 Å². The lowest BCUT2D eigenvalue weighted by Gasteiger charge is -2.30. The van der Waals surface area contributed by atoms with Gasteiger partial charge in [-0.05, 0) is 32.0 Å². The summed E-state index contributed by atoms with van der Waals surface area (Å²) in [6.07, 6.45) is -2.05. The maximum atomic E-state index is 12.5. The van der Waals surface area contributed by atoms with Gasteiger partial charge in [-0.15, -0.1) is 12.4 Å². The van der Waals surface area contributed by atoms with E-state index in [9.17, 15) is 21.6 Å². The quantitative estimate of drug-likeness (QED) is 0.831. The van der Waals surface area contributed by atoms with E-state index in [-0.39, 0.29) is 29.2 Å². The minimum absolute atomic E-state index is 0. The Balaban J connectivity index is 0.00000288. The number of rotatable bonds is 5. The summed E-state index contributed by atoms with van der Waals surface area (Å²) < 4.78 is 66.9. The molecule has 0 amide bonds. The van der Waals surface area contributed by atoms with Gasteiger partial charge in [0.25, 0.3) is 0 Å². The van der Waals surface area contributed by atoms with Gasteiger partial charge in [0.1, 0.15) is 4.90 Å². The topological polar surface area (TPSA) is 71.5 Å². The van der Waals surface area contributed by atoms with Crippen LogP contribution in [0.3, 0.4) is 0 Å². The summed E-state index contributed by atoms with van der Waals surface area (Å²) in [6.45, 7) is 0.0149. The highest BCUT2D eigenvalue weighted by Gasteiger charge is 2.30. The van der Waals surface area contributed by atoms with Crippen LogP contribution < -0.4 is 10.1 Å². The predicted octanol–water partition coefficient (Wildman–Crippen LogP) is 1.82. The minimum atomic E-state index is -4.47. The Morgan fingerprint density at radius 3 is 2.46 bits per heavy atom. The van der Waals surface area contributed by atoms with Gasteiger partial charge in [0.15, 0.2) is 6.61 Å². The normalized spacial score (nSPS) is 16.7. The molecule has 0 aromatic carbocycles. The van der Waals surface area contributed by atoms with Gasteiger partial charge in [-0.3, -0.25) is 0 Å². The van der Waals surface area contributed by atoms with Crippen molar-refractivity contribution < 1.29 is 26.3 Å². The van der Waals surface area contributed by atoms with Crippen molar-refractivity contribution >= 4 is 22.4 Å². The number of nitrogens with one attached hydrogen (secondary N) is 1. The number of hydrogen-bond donors (Lipinski definition) is 1. The molecule has 0 atom stereocenters. The molecule has 1 saturated heterocycles. The molecular weight excluding hydrogens is 371 g/mol. The second-order valence-electron chi connectivity index (χ2n) is 5.24. The van der Waals surface area contributed by atoms with Crippen molar-refractivity contribution in [2.24, 2.45) is 0 Å². The highest BCUT2D eigenvalue weighted by molar-refractivity contribution is 7.89. The second kappa shape index (κ2) is 8.32. The van der Waals surface area contributed by atoms with Crippen molar-refractivity contribution in [2.45, 2.75) is 30.0 Å². The summed E-state index contributed by atoms with van der Waals surface area (Å²) in [4.78, 5) is 3.56. The summed E-state index contributed by atoms with van der Waals surface area (Å²) >= 11 is 0. The molecule has 1 aliphatic rings. The first-order valence-corrected chi connectivity index (χ1v) is 8.48. The third-order valence-electron chi connectivity index (χ3n) is 3.59. The monoisotopic (exact) mass is 389 g/mol. The molecule has 1 aromatic heterocycles. The van der Waals surface area contributed by atoms with Gasteiger partial charge in [0.2, 0.25) is 15.9 Å². The first-order chi connectivity index (χ1) is 10.7. The fourth-order valence-corrected chi connectivity index (χ4v) is 3.66. The summed E-state index contributed by atoms with van der Waals surface area (Å²) in [5.74, 6) is -0.272. The maximum Gasteiger partial charge on any atom is 0.422 e. The fraction of sp³-hybridized carbons (Fsp3) is 0.615. The first-order valence-electron chi connectivity index (χ1n) is 7.04. The molecule has 2 heterocycles. The molecule has 0 bridgehead atoms. The highest BCUT2D eigenvalue weighted by atomic mass is 35.5. The van der Waals surface area contributed by atoms with E-state index in [2.05, 4.69) is 15.0 Å². The van der Waals surface area contributed by atoms with Crippen LogP contribution in [0.15, 0.2) is 23.2 Å². The molecule has 11 heteroatoms. The van der Waals surface area contributed by atoms with Crippen molar-refractivity contribution in [1.29, 1.82) is 0 Å². The number of aromatic nitrogens is 1.